The lowest BCUT2D eigenvalue weighted by Gasteiger charge is -2.08. The summed E-state index contributed by atoms with van der Waals surface area (Å²) in [5.41, 5.74) is 2.16. The van der Waals surface area contributed by atoms with Gasteiger partial charge in [0.25, 0.3) is 5.91 Å². The van der Waals surface area contributed by atoms with Gasteiger partial charge in [0.05, 0.1) is 11.3 Å². The Bertz CT molecular complexity index is 1130. The molecule has 0 atom stereocenters. The van der Waals surface area contributed by atoms with Crippen LogP contribution in [-0.4, -0.2) is 32.1 Å². The molecule has 1 heterocycles. The largest absolute Gasteiger partial charge is 0.423 e. The summed E-state index contributed by atoms with van der Waals surface area (Å²) in [5.74, 6) is -0.365. The van der Waals surface area contributed by atoms with Gasteiger partial charge in [-0.05, 0) is 65.0 Å². The molecule has 0 radical (unpaired) electrons. The number of carbonyl (C=O) groups excluding carboxylic acids is 2. The number of nitrogens with one attached hydrogen (secondary N) is 1. The van der Waals surface area contributed by atoms with Crippen molar-refractivity contribution in [2.45, 2.75) is 0 Å². The van der Waals surface area contributed by atoms with Crippen molar-refractivity contribution in [1.82, 2.24) is 20.2 Å². The van der Waals surface area contributed by atoms with E-state index in [1.165, 1.54) is 11.0 Å². The molecule has 8 heteroatoms. The van der Waals surface area contributed by atoms with Gasteiger partial charge in [0.15, 0.2) is 0 Å². The Morgan fingerprint density at radius 1 is 0.862 bits per heavy atom. The lowest BCUT2D eigenvalue weighted by atomic mass is 10.2. The monoisotopic (exact) mass is 385 g/mol. The molecule has 1 amide bonds. The Kier molecular flexibility index (Phi) is 5.06. The lowest BCUT2D eigenvalue weighted by Crippen LogP contribution is -2.12. The van der Waals surface area contributed by atoms with Crippen LogP contribution in [0.2, 0.25) is 0 Å². The van der Waals surface area contributed by atoms with E-state index in [1.807, 2.05) is 6.07 Å². The van der Waals surface area contributed by atoms with Crippen LogP contribution in [-0.2, 0) is 0 Å². The molecule has 0 spiro atoms. The number of benzene rings is 3. The summed E-state index contributed by atoms with van der Waals surface area (Å²) in [6.07, 6.45) is 1.44. The van der Waals surface area contributed by atoms with Crippen LogP contribution in [0.4, 0.5) is 5.69 Å². The zero-order valence-corrected chi connectivity index (χ0v) is 15.1. The van der Waals surface area contributed by atoms with Crippen molar-refractivity contribution >= 4 is 17.6 Å². The minimum absolute atomic E-state index is 0.213. The molecule has 3 aromatic carbocycles. The normalized spacial score (nSPS) is 10.3. The molecule has 0 aliphatic carbocycles. The molecule has 8 nitrogen and oxygen atoms in total. The van der Waals surface area contributed by atoms with E-state index in [-0.39, 0.29) is 5.91 Å². The maximum atomic E-state index is 12.4. The van der Waals surface area contributed by atoms with Gasteiger partial charge in [-0.3, -0.25) is 4.79 Å². The molecule has 4 aromatic rings. The molecule has 0 unspecified atom stereocenters. The number of rotatable bonds is 5. The molecule has 1 N–H and O–H groups in total. The van der Waals surface area contributed by atoms with Gasteiger partial charge >= 0.3 is 5.97 Å². The third-order valence-electron chi connectivity index (χ3n) is 4.05. The molecule has 0 aliphatic rings. The van der Waals surface area contributed by atoms with E-state index >= 15 is 0 Å². The number of nitrogens with zero attached hydrogens (tertiary/aromatic N) is 4. The standard InChI is InChI=1S/C21H15N5O3/c27-20(15-5-2-1-3-6-15)23-17-9-11-19(12-10-17)29-21(28)16-7-4-8-18(13-16)26-14-22-24-25-26/h1-14H,(H,23,27). The smallest absolute Gasteiger partial charge is 0.343 e. The number of anilines is 1. The molecule has 0 bridgehead atoms. The number of esters is 1. The first-order chi connectivity index (χ1) is 14.2. The molecule has 1 aromatic heterocycles. The Labute approximate surface area is 165 Å². The number of tetrazole rings is 1. The van der Waals surface area contributed by atoms with E-state index in [2.05, 4.69) is 20.8 Å². The van der Waals surface area contributed by atoms with Crippen molar-refractivity contribution in [3.63, 3.8) is 0 Å². The number of carbonyl (C=O) groups is 2. The second-order valence-corrected chi connectivity index (χ2v) is 6.04. The number of hydrogen-bond acceptors (Lipinski definition) is 6. The van der Waals surface area contributed by atoms with Crippen LogP contribution in [0.15, 0.2) is 85.2 Å². The van der Waals surface area contributed by atoms with Gasteiger partial charge in [0.2, 0.25) is 0 Å². The summed E-state index contributed by atoms with van der Waals surface area (Å²) >= 11 is 0. The van der Waals surface area contributed by atoms with Crippen LogP contribution in [0.3, 0.4) is 0 Å². The highest BCUT2D eigenvalue weighted by molar-refractivity contribution is 6.04. The fraction of sp³-hybridized carbons (Fsp3) is 0. The number of amides is 1. The lowest BCUT2D eigenvalue weighted by molar-refractivity contribution is 0.0734. The van der Waals surface area contributed by atoms with E-state index in [0.29, 0.717) is 28.3 Å². The predicted octanol–water partition coefficient (Wildman–Crippen LogP) is 3.13. The van der Waals surface area contributed by atoms with Crippen molar-refractivity contribution in [2.75, 3.05) is 5.32 Å². The molecular formula is C21H15N5O3. The Hall–Kier alpha value is -4.33. The third-order valence-corrected chi connectivity index (χ3v) is 4.05. The Morgan fingerprint density at radius 3 is 2.34 bits per heavy atom. The maximum absolute atomic E-state index is 12.4. The van der Waals surface area contributed by atoms with Crippen LogP contribution < -0.4 is 10.1 Å². The molecule has 0 fully saturated rings. The highest BCUT2D eigenvalue weighted by atomic mass is 16.5. The fourth-order valence-electron chi connectivity index (χ4n) is 2.62. The Morgan fingerprint density at radius 2 is 1.62 bits per heavy atom. The fourth-order valence-corrected chi connectivity index (χ4v) is 2.62. The minimum atomic E-state index is -0.513. The second-order valence-electron chi connectivity index (χ2n) is 6.04. The van der Waals surface area contributed by atoms with Gasteiger partial charge in [0, 0.05) is 11.3 Å². The topological polar surface area (TPSA) is 99.0 Å². The summed E-state index contributed by atoms with van der Waals surface area (Å²) in [5, 5.41) is 13.7. The quantitative estimate of drug-likeness (QED) is 0.419. The first-order valence-electron chi connectivity index (χ1n) is 8.71. The SMILES string of the molecule is O=C(Nc1ccc(OC(=O)c2cccc(-n3cnnn3)c2)cc1)c1ccccc1. The number of aromatic nitrogens is 4. The van der Waals surface area contributed by atoms with E-state index in [0.717, 1.165) is 0 Å². The number of ether oxygens (including phenoxy) is 1. The van der Waals surface area contributed by atoms with E-state index in [1.54, 1.807) is 72.8 Å². The second kappa shape index (κ2) is 8.13. The summed E-state index contributed by atoms with van der Waals surface area (Å²) < 4.78 is 6.85. The van der Waals surface area contributed by atoms with Crippen LogP contribution >= 0.6 is 0 Å². The molecule has 4 rings (SSSR count). The van der Waals surface area contributed by atoms with E-state index in [4.69, 9.17) is 4.74 Å². The van der Waals surface area contributed by atoms with Crippen LogP contribution in [0.25, 0.3) is 5.69 Å². The van der Waals surface area contributed by atoms with Gasteiger partial charge in [-0.15, -0.1) is 5.10 Å². The van der Waals surface area contributed by atoms with E-state index < -0.39 is 5.97 Å². The summed E-state index contributed by atoms with van der Waals surface area (Å²) in [6, 6.07) is 22.2. The summed E-state index contributed by atoms with van der Waals surface area (Å²) in [7, 11) is 0. The average Bonchev–Trinajstić information content (AvgIpc) is 3.31. The van der Waals surface area contributed by atoms with Crippen LogP contribution in [0.5, 0.6) is 5.75 Å². The van der Waals surface area contributed by atoms with Crippen molar-refractivity contribution in [3.05, 3.63) is 96.3 Å². The minimum Gasteiger partial charge on any atom is -0.423 e. The first kappa shape index (κ1) is 18.1. The maximum Gasteiger partial charge on any atom is 0.343 e. The summed E-state index contributed by atoms with van der Waals surface area (Å²) in [6.45, 7) is 0. The third kappa shape index (κ3) is 4.33. The van der Waals surface area contributed by atoms with Crippen molar-refractivity contribution in [3.8, 4) is 11.4 Å². The van der Waals surface area contributed by atoms with Crippen molar-refractivity contribution in [1.29, 1.82) is 0 Å². The van der Waals surface area contributed by atoms with Crippen LogP contribution in [0.1, 0.15) is 20.7 Å². The van der Waals surface area contributed by atoms with Crippen molar-refractivity contribution in [2.24, 2.45) is 0 Å². The van der Waals surface area contributed by atoms with E-state index in [9.17, 15) is 9.59 Å². The van der Waals surface area contributed by atoms with Gasteiger partial charge in [0.1, 0.15) is 12.1 Å². The zero-order chi connectivity index (χ0) is 20.1. The summed E-state index contributed by atoms with van der Waals surface area (Å²) in [4.78, 5) is 24.6. The highest BCUT2D eigenvalue weighted by Crippen LogP contribution is 2.18. The number of hydrogen-bond donors (Lipinski definition) is 1. The molecule has 0 saturated heterocycles. The van der Waals surface area contributed by atoms with Gasteiger partial charge in [-0.25, -0.2) is 9.48 Å². The zero-order valence-electron chi connectivity index (χ0n) is 15.1. The van der Waals surface area contributed by atoms with Gasteiger partial charge in [-0.2, -0.15) is 0 Å². The molecule has 0 saturated carbocycles. The molecule has 0 aliphatic heterocycles. The first-order valence-corrected chi connectivity index (χ1v) is 8.71. The Balaban J connectivity index is 1.42. The van der Waals surface area contributed by atoms with Crippen LogP contribution in [0, 0.1) is 0 Å². The average molecular weight is 385 g/mol. The van der Waals surface area contributed by atoms with Gasteiger partial charge < -0.3 is 10.1 Å². The highest BCUT2D eigenvalue weighted by Gasteiger charge is 2.11. The molecule has 142 valence electrons. The van der Waals surface area contributed by atoms with Gasteiger partial charge in [-0.1, -0.05) is 24.3 Å². The predicted molar refractivity (Wildman–Crippen MR) is 105 cm³/mol. The van der Waals surface area contributed by atoms with Crippen molar-refractivity contribution < 1.29 is 14.3 Å². The molecule has 29 heavy (non-hydrogen) atoms. The molecular weight excluding hydrogens is 370 g/mol.